The van der Waals surface area contributed by atoms with Gasteiger partial charge in [-0.1, -0.05) is 6.92 Å². The van der Waals surface area contributed by atoms with Gasteiger partial charge >= 0.3 is 0 Å². The van der Waals surface area contributed by atoms with E-state index in [1.54, 1.807) is 6.08 Å². The highest BCUT2D eigenvalue weighted by Crippen LogP contribution is 2.20. The number of piperidine rings is 1. The molecule has 1 unspecified atom stereocenters. The van der Waals surface area contributed by atoms with E-state index in [2.05, 4.69) is 12.0 Å². The molecule has 1 aliphatic heterocycles. The fourth-order valence-corrected chi connectivity index (χ4v) is 3.00. The topological polar surface area (TPSA) is 38.1 Å². The van der Waals surface area contributed by atoms with Gasteiger partial charge in [0.05, 0.1) is 5.69 Å². The Hall–Kier alpha value is -1.58. The summed E-state index contributed by atoms with van der Waals surface area (Å²) < 4.78 is 1.86. The number of nitrogens with zero attached hydrogens (tertiary/aromatic N) is 3. The fraction of sp³-hybridized carbons (Fsp3) is 0.625. The minimum absolute atomic E-state index is 0.138. The third kappa shape index (κ3) is 2.94. The zero-order valence-electron chi connectivity index (χ0n) is 13.0. The Morgan fingerprint density at radius 2 is 2.15 bits per heavy atom. The predicted molar refractivity (Wildman–Crippen MR) is 81.4 cm³/mol. The van der Waals surface area contributed by atoms with Gasteiger partial charge in [-0.15, -0.1) is 0 Å². The maximum atomic E-state index is 12.4. The Morgan fingerprint density at radius 3 is 2.75 bits per heavy atom. The number of hydrogen-bond donors (Lipinski definition) is 0. The van der Waals surface area contributed by atoms with E-state index in [4.69, 9.17) is 0 Å². The molecule has 1 aromatic rings. The number of aromatic nitrogens is 2. The summed E-state index contributed by atoms with van der Waals surface area (Å²) in [5.41, 5.74) is 3.13. The number of hydrogen-bond acceptors (Lipinski definition) is 2. The van der Waals surface area contributed by atoms with Gasteiger partial charge in [-0.05, 0) is 45.6 Å². The number of carbonyl (C=O) groups is 1. The lowest BCUT2D eigenvalue weighted by molar-refractivity contribution is -0.129. The third-order valence-corrected chi connectivity index (χ3v) is 4.34. The molecule has 0 bridgehead atoms. The van der Waals surface area contributed by atoms with E-state index in [0.717, 1.165) is 42.8 Å². The summed E-state index contributed by atoms with van der Waals surface area (Å²) in [6.07, 6.45) is 8.19. The standard InChI is InChI=1S/C16H25N3O/c1-5-14-8-6-7-11-19(14)16(20)10-9-15-12(2)17-18(4)13(15)3/h9-10,14H,5-8,11H2,1-4H3. The molecule has 0 radical (unpaired) electrons. The molecule has 4 nitrogen and oxygen atoms in total. The van der Waals surface area contributed by atoms with Crippen molar-refractivity contribution in [2.75, 3.05) is 6.54 Å². The van der Waals surface area contributed by atoms with Gasteiger partial charge in [0, 0.05) is 37.0 Å². The van der Waals surface area contributed by atoms with Crippen molar-refractivity contribution in [3.8, 4) is 0 Å². The molecule has 1 aromatic heterocycles. The van der Waals surface area contributed by atoms with Crippen LogP contribution in [0.15, 0.2) is 6.08 Å². The van der Waals surface area contributed by atoms with Crippen LogP contribution in [-0.2, 0) is 11.8 Å². The van der Waals surface area contributed by atoms with E-state index in [1.807, 2.05) is 36.6 Å². The normalized spacial score (nSPS) is 19.8. The van der Waals surface area contributed by atoms with Crippen LogP contribution in [0.1, 0.15) is 49.6 Å². The summed E-state index contributed by atoms with van der Waals surface area (Å²) in [5, 5.41) is 4.37. The molecule has 0 saturated carbocycles. The highest BCUT2D eigenvalue weighted by molar-refractivity contribution is 5.92. The Labute approximate surface area is 121 Å². The van der Waals surface area contributed by atoms with Gasteiger partial charge in [0.25, 0.3) is 0 Å². The molecule has 110 valence electrons. The molecular weight excluding hydrogens is 250 g/mol. The van der Waals surface area contributed by atoms with E-state index >= 15 is 0 Å². The Bertz CT molecular complexity index is 516. The minimum atomic E-state index is 0.138. The van der Waals surface area contributed by atoms with Crippen LogP contribution in [0.25, 0.3) is 6.08 Å². The van der Waals surface area contributed by atoms with Crippen LogP contribution in [0.2, 0.25) is 0 Å². The van der Waals surface area contributed by atoms with E-state index in [-0.39, 0.29) is 5.91 Å². The predicted octanol–water partition coefficient (Wildman–Crippen LogP) is 2.84. The number of likely N-dealkylation sites (tertiary alicyclic amines) is 1. The van der Waals surface area contributed by atoms with Crippen molar-refractivity contribution in [1.82, 2.24) is 14.7 Å². The first-order chi connectivity index (χ1) is 9.54. The van der Waals surface area contributed by atoms with Gasteiger partial charge in [-0.2, -0.15) is 5.10 Å². The number of aryl methyl sites for hydroxylation is 2. The van der Waals surface area contributed by atoms with Crippen LogP contribution in [-0.4, -0.2) is 33.2 Å². The third-order valence-electron chi connectivity index (χ3n) is 4.34. The Balaban J connectivity index is 2.12. The number of carbonyl (C=O) groups excluding carboxylic acids is 1. The monoisotopic (exact) mass is 275 g/mol. The zero-order valence-corrected chi connectivity index (χ0v) is 13.0. The highest BCUT2D eigenvalue weighted by atomic mass is 16.2. The summed E-state index contributed by atoms with van der Waals surface area (Å²) >= 11 is 0. The molecular formula is C16H25N3O. The van der Waals surface area contributed by atoms with Crippen molar-refractivity contribution in [2.45, 2.75) is 52.5 Å². The lowest BCUT2D eigenvalue weighted by Crippen LogP contribution is -2.42. The molecule has 20 heavy (non-hydrogen) atoms. The summed E-state index contributed by atoms with van der Waals surface area (Å²) in [5.74, 6) is 0.138. The molecule has 1 atom stereocenters. The zero-order chi connectivity index (χ0) is 14.7. The largest absolute Gasteiger partial charge is 0.336 e. The van der Waals surface area contributed by atoms with Gasteiger partial charge in [0.2, 0.25) is 5.91 Å². The van der Waals surface area contributed by atoms with E-state index < -0.39 is 0 Å². The van der Waals surface area contributed by atoms with Crippen molar-refractivity contribution in [3.63, 3.8) is 0 Å². The first-order valence-corrected chi connectivity index (χ1v) is 7.53. The smallest absolute Gasteiger partial charge is 0.246 e. The minimum Gasteiger partial charge on any atom is -0.336 e. The molecule has 1 saturated heterocycles. The van der Waals surface area contributed by atoms with Crippen LogP contribution >= 0.6 is 0 Å². The molecule has 1 fully saturated rings. The van der Waals surface area contributed by atoms with Gasteiger partial charge < -0.3 is 4.90 Å². The van der Waals surface area contributed by atoms with Crippen molar-refractivity contribution < 1.29 is 4.79 Å². The van der Waals surface area contributed by atoms with Crippen molar-refractivity contribution >= 4 is 12.0 Å². The summed E-state index contributed by atoms with van der Waals surface area (Å²) in [6.45, 7) is 7.06. The molecule has 4 heteroatoms. The van der Waals surface area contributed by atoms with Gasteiger partial charge in [0.1, 0.15) is 0 Å². The summed E-state index contributed by atoms with van der Waals surface area (Å²) in [6, 6.07) is 0.414. The van der Waals surface area contributed by atoms with Crippen LogP contribution in [0.3, 0.4) is 0 Å². The first kappa shape index (κ1) is 14.8. The average molecular weight is 275 g/mol. The van der Waals surface area contributed by atoms with Crippen LogP contribution < -0.4 is 0 Å². The fourth-order valence-electron chi connectivity index (χ4n) is 3.00. The van der Waals surface area contributed by atoms with E-state index in [9.17, 15) is 4.79 Å². The van der Waals surface area contributed by atoms with Crippen LogP contribution in [0.4, 0.5) is 0 Å². The van der Waals surface area contributed by atoms with Crippen LogP contribution in [0, 0.1) is 13.8 Å². The summed E-state index contributed by atoms with van der Waals surface area (Å²) in [4.78, 5) is 14.4. The highest BCUT2D eigenvalue weighted by Gasteiger charge is 2.23. The van der Waals surface area contributed by atoms with E-state index in [1.165, 1.54) is 6.42 Å². The summed E-state index contributed by atoms with van der Waals surface area (Å²) in [7, 11) is 1.93. The molecule has 0 N–H and O–H groups in total. The van der Waals surface area contributed by atoms with Gasteiger partial charge in [0.15, 0.2) is 0 Å². The molecule has 0 aliphatic carbocycles. The second kappa shape index (κ2) is 6.25. The first-order valence-electron chi connectivity index (χ1n) is 7.53. The molecule has 1 amide bonds. The molecule has 2 heterocycles. The van der Waals surface area contributed by atoms with Crippen molar-refractivity contribution in [2.24, 2.45) is 7.05 Å². The lowest BCUT2D eigenvalue weighted by Gasteiger charge is -2.34. The number of rotatable bonds is 3. The quantitative estimate of drug-likeness (QED) is 0.796. The lowest BCUT2D eigenvalue weighted by atomic mass is 10.00. The van der Waals surface area contributed by atoms with Gasteiger partial charge in [-0.25, -0.2) is 0 Å². The maximum absolute atomic E-state index is 12.4. The molecule has 2 rings (SSSR count). The Morgan fingerprint density at radius 1 is 1.40 bits per heavy atom. The van der Waals surface area contributed by atoms with Crippen molar-refractivity contribution in [3.05, 3.63) is 23.0 Å². The van der Waals surface area contributed by atoms with E-state index in [0.29, 0.717) is 6.04 Å². The molecule has 1 aliphatic rings. The second-order valence-corrected chi connectivity index (χ2v) is 5.63. The Kier molecular flexibility index (Phi) is 4.63. The second-order valence-electron chi connectivity index (χ2n) is 5.63. The maximum Gasteiger partial charge on any atom is 0.246 e. The van der Waals surface area contributed by atoms with Crippen molar-refractivity contribution in [1.29, 1.82) is 0 Å². The average Bonchev–Trinajstić information content (AvgIpc) is 2.70. The SMILES string of the molecule is CCC1CCCCN1C(=O)C=Cc1c(C)nn(C)c1C. The van der Waals surface area contributed by atoms with Crippen LogP contribution in [0.5, 0.6) is 0 Å². The molecule has 0 aromatic carbocycles. The number of amides is 1. The molecule has 0 spiro atoms. The van der Waals surface area contributed by atoms with Gasteiger partial charge in [-0.3, -0.25) is 9.48 Å².